The fourth-order valence-electron chi connectivity index (χ4n) is 2.98. The highest BCUT2D eigenvalue weighted by Crippen LogP contribution is 2.22. The lowest BCUT2D eigenvalue weighted by molar-refractivity contribution is 0.304. The van der Waals surface area contributed by atoms with E-state index in [4.69, 9.17) is 9.47 Å². The molecule has 0 unspecified atom stereocenters. The number of rotatable bonds is 12. The van der Waals surface area contributed by atoms with Gasteiger partial charge in [0.15, 0.2) is 0 Å². The molecule has 0 radical (unpaired) electrons. The molecule has 0 aromatic heterocycles. The second-order valence-electron chi connectivity index (χ2n) is 6.81. The molecule has 3 nitrogen and oxygen atoms in total. The summed E-state index contributed by atoms with van der Waals surface area (Å²) in [5.74, 6) is 1.70. The molecule has 0 atom stereocenters. The van der Waals surface area contributed by atoms with Crippen molar-refractivity contribution < 1.29 is 9.47 Å². The van der Waals surface area contributed by atoms with E-state index in [9.17, 15) is 5.26 Å². The second kappa shape index (κ2) is 12.6. The van der Waals surface area contributed by atoms with Crippen LogP contribution in [0, 0.1) is 11.3 Å². The average Bonchev–Trinajstić information content (AvgIpc) is 2.73. The first-order chi connectivity index (χ1) is 13.8. The van der Waals surface area contributed by atoms with Crippen LogP contribution in [0.2, 0.25) is 0 Å². The Balaban J connectivity index is 1.88. The summed E-state index contributed by atoms with van der Waals surface area (Å²) in [6.45, 7) is 5.58. The van der Waals surface area contributed by atoms with Gasteiger partial charge in [-0.2, -0.15) is 5.26 Å². The number of hydrogen-bond donors (Lipinski definition) is 0. The van der Waals surface area contributed by atoms with Gasteiger partial charge < -0.3 is 9.47 Å². The first kappa shape index (κ1) is 21.6. The molecule has 0 aliphatic heterocycles. The summed E-state index contributed by atoms with van der Waals surface area (Å²) in [6, 6.07) is 17.8. The van der Waals surface area contributed by atoms with Crippen LogP contribution in [0.4, 0.5) is 0 Å². The van der Waals surface area contributed by atoms with Gasteiger partial charge in [0, 0.05) is 0 Å². The predicted molar refractivity (Wildman–Crippen MR) is 116 cm³/mol. The first-order valence-electron chi connectivity index (χ1n) is 10.3. The van der Waals surface area contributed by atoms with Gasteiger partial charge in [0.05, 0.1) is 24.9 Å². The quantitative estimate of drug-likeness (QED) is 0.230. The zero-order chi connectivity index (χ0) is 20.0. The number of allylic oxidation sites excluding steroid dienone is 1. The normalized spacial score (nSPS) is 11.1. The summed E-state index contributed by atoms with van der Waals surface area (Å²) in [4.78, 5) is 0. The summed E-state index contributed by atoms with van der Waals surface area (Å²) in [5.41, 5.74) is 2.50. The molecule has 0 fully saturated rings. The highest BCUT2D eigenvalue weighted by Gasteiger charge is 2.03. The van der Waals surface area contributed by atoms with Gasteiger partial charge in [0.1, 0.15) is 11.5 Å². The van der Waals surface area contributed by atoms with E-state index in [0.29, 0.717) is 12.2 Å². The van der Waals surface area contributed by atoms with Crippen molar-refractivity contribution in [3.05, 3.63) is 59.7 Å². The van der Waals surface area contributed by atoms with Gasteiger partial charge in [-0.05, 0) is 66.9 Å². The van der Waals surface area contributed by atoms with E-state index in [1.165, 1.54) is 32.1 Å². The van der Waals surface area contributed by atoms with E-state index >= 15 is 0 Å². The van der Waals surface area contributed by atoms with Crippen LogP contribution in [0.5, 0.6) is 11.5 Å². The average molecular weight is 378 g/mol. The van der Waals surface area contributed by atoms with Gasteiger partial charge in [-0.25, -0.2) is 0 Å². The van der Waals surface area contributed by atoms with Crippen LogP contribution in [0.15, 0.2) is 48.5 Å². The van der Waals surface area contributed by atoms with Crippen LogP contribution >= 0.6 is 0 Å². The Morgan fingerprint density at radius 2 is 1.43 bits per heavy atom. The van der Waals surface area contributed by atoms with Crippen LogP contribution in [-0.2, 0) is 0 Å². The Morgan fingerprint density at radius 3 is 2.07 bits per heavy atom. The van der Waals surface area contributed by atoms with Crippen molar-refractivity contribution in [2.24, 2.45) is 0 Å². The molecule has 0 aliphatic rings. The molecule has 0 N–H and O–H groups in total. The minimum Gasteiger partial charge on any atom is -0.494 e. The molecule has 2 aromatic rings. The van der Waals surface area contributed by atoms with E-state index in [0.717, 1.165) is 35.7 Å². The van der Waals surface area contributed by atoms with Crippen molar-refractivity contribution in [1.29, 1.82) is 5.26 Å². The third-order valence-corrected chi connectivity index (χ3v) is 4.55. The maximum absolute atomic E-state index is 9.51. The van der Waals surface area contributed by atoms with Crippen LogP contribution in [0.1, 0.15) is 63.5 Å². The van der Waals surface area contributed by atoms with Gasteiger partial charge in [0.25, 0.3) is 0 Å². The Morgan fingerprint density at radius 1 is 0.821 bits per heavy atom. The zero-order valence-corrected chi connectivity index (χ0v) is 17.1. The highest BCUT2D eigenvalue weighted by molar-refractivity contribution is 5.89. The van der Waals surface area contributed by atoms with Crippen molar-refractivity contribution in [2.75, 3.05) is 13.2 Å². The third kappa shape index (κ3) is 7.48. The Labute approximate surface area is 169 Å². The standard InChI is InChI=1S/C25H31NO2/c1-3-5-6-7-8-9-18-28-25-14-10-21(11-15-25)19-23(20-26)22-12-16-24(17-13-22)27-4-2/h10-17,19H,3-9,18H2,1-2H3. The molecular weight excluding hydrogens is 346 g/mol. The molecule has 28 heavy (non-hydrogen) atoms. The van der Waals surface area contributed by atoms with Gasteiger partial charge in [0.2, 0.25) is 0 Å². The summed E-state index contributed by atoms with van der Waals surface area (Å²) < 4.78 is 11.3. The fourth-order valence-corrected chi connectivity index (χ4v) is 2.98. The van der Waals surface area contributed by atoms with E-state index in [1.54, 1.807) is 0 Å². The maximum Gasteiger partial charge on any atom is 0.119 e. The molecule has 0 heterocycles. The Kier molecular flexibility index (Phi) is 9.72. The summed E-state index contributed by atoms with van der Waals surface area (Å²) in [6.07, 6.45) is 9.46. The minimum absolute atomic E-state index is 0.629. The molecule has 148 valence electrons. The number of hydrogen-bond acceptors (Lipinski definition) is 3. The topological polar surface area (TPSA) is 42.2 Å². The lowest BCUT2D eigenvalue weighted by Gasteiger charge is -2.07. The fraction of sp³-hybridized carbons (Fsp3) is 0.400. The molecule has 0 spiro atoms. The molecule has 0 amide bonds. The SMILES string of the molecule is CCCCCCCCOc1ccc(C=C(C#N)c2ccc(OCC)cc2)cc1. The van der Waals surface area contributed by atoms with Crippen LogP contribution in [0.3, 0.4) is 0 Å². The molecule has 2 rings (SSSR count). The molecule has 3 heteroatoms. The van der Waals surface area contributed by atoms with Crippen LogP contribution in [-0.4, -0.2) is 13.2 Å². The van der Waals surface area contributed by atoms with Crippen LogP contribution in [0.25, 0.3) is 11.6 Å². The molecule has 0 saturated heterocycles. The predicted octanol–water partition coefficient (Wildman–Crippen LogP) is 6.89. The number of nitriles is 1. The smallest absolute Gasteiger partial charge is 0.119 e. The maximum atomic E-state index is 9.51. The van der Waals surface area contributed by atoms with Crippen LogP contribution < -0.4 is 9.47 Å². The number of unbranched alkanes of at least 4 members (excludes halogenated alkanes) is 5. The number of benzene rings is 2. The Bertz CT molecular complexity index is 755. The van der Waals surface area contributed by atoms with Crippen molar-refractivity contribution in [1.82, 2.24) is 0 Å². The molecule has 0 aliphatic carbocycles. The molecule has 2 aromatic carbocycles. The van der Waals surface area contributed by atoms with E-state index in [2.05, 4.69) is 13.0 Å². The van der Waals surface area contributed by atoms with Crippen molar-refractivity contribution in [3.63, 3.8) is 0 Å². The van der Waals surface area contributed by atoms with E-state index in [1.807, 2.05) is 61.5 Å². The summed E-state index contributed by atoms with van der Waals surface area (Å²) >= 11 is 0. The first-order valence-corrected chi connectivity index (χ1v) is 10.3. The monoisotopic (exact) mass is 377 g/mol. The van der Waals surface area contributed by atoms with Crippen molar-refractivity contribution in [2.45, 2.75) is 52.4 Å². The van der Waals surface area contributed by atoms with Gasteiger partial charge in [-0.1, -0.05) is 51.2 Å². The Hall–Kier alpha value is -2.73. The number of ether oxygens (including phenoxy) is 2. The van der Waals surface area contributed by atoms with E-state index < -0.39 is 0 Å². The second-order valence-corrected chi connectivity index (χ2v) is 6.81. The van der Waals surface area contributed by atoms with Gasteiger partial charge >= 0.3 is 0 Å². The van der Waals surface area contributed by atoms with Gasteiger partial charge in [-0.15, -0.1) is 0 Å². The molecule has 0 saturated carbocycles. The van der Waals surface area contributed by atoms with Crippen molar-refractivity contribution in [3.8, 4) is 17.6 Å². The number of nitrogens with zero attached hydrogens (tertiary/aromatic N) is 1. The third-order valence-electron chi connectivity index (χ3n) is 4.55. The van der Waals surface area contributed by atoms with Crippen molar-refractivity contribution >= 4 is 11.6 Å². The minimum atomic E-state index is 0.629. The molecular formula is C25H31NO2. The lowest BCUT2D eigenvalue weighted by atomic mass is 10.0. The highest BCUT2D eigenvalue weighted by atomic mass is 16.5. The summed E-state index contributed by atoms with van der Waals surface area (Å²) in [5, 5.41) is 9.51. The zero-order valence-electron chi connectivity index (χ0n) is 17.1. The van der Waals surface area contributed by atoms with Gasteiger partial charge in [-0.3, -0.25) is 0 Å². The lowest BCUT2D eigenvalue weighted by Crippen LogP contribution is -1.97. The van der Waals surface area contributed by atoms with E-state index in [-0.39, 0.29) is 0 Å². The molecule has 0 bridgehead atoms. The largest absolute Gasteiger partial charge is 0.494 e. The summed E-state index contributed by atoms with van der Waals surface area (Å²) in [7, 11) is 0.